The zero-order valence-electron chi connectivity index (χ0n) is 17.7. The largest absolute Gasteiger partial charge is 0.399 e. The molecule has 7 nitrogen and oxygen atoms in total. The maximum Gasteiger partial charge on any atom is 0.165 e. The third kappa shape index (κ3) is 3.57. The van der Waals surface area contributed by atoms with Crippen LogP contribution in [-0.2, 0) is 0 Å². The fraction of sp³-hybridized carbons (Fsp3) is 0.250. The van der Waals surface area contributed by atoms with Crippen molar-refractivity contribution in [1.29, 1.82) is 0 Å². The Morgan fingerprint density at radius 3 is 2.39 bits per heavy atom. The van der Waals surface area contributed by atoms with Gasteiger partial charge in [0.25, 0.3) is 0 Å². The number of hydrogen-bond acceptors (Lipinski definition) is 6. The minimum absolute atomic E-state index is 0.563. The molecule has 0 amide bonds. The van der Waals surface area contributed by atoms with Crippen molar-refractivity contribution >= 4 is 22.8 Å². The van der Waals surface area contributed by atoms with Crippen LogP contribution in [0.5, 0.6) is 0 Å². The van der Waals surface area contributed by atoms with E-state index in [1.807, 2.05) is 36.7 Å². The van der Waals surface area contributed by atoms with Gasteiger partial charge in [-0.2, -0.15) is 9.61 Å². The smallest absolute Gasteiger partial charge is 0.165 e. The number of rotatable bonds is 4. The van der Waals surface area contributed by atoms with Gasteiger partial charge in [0.2, 0.25) is 0 Å². The highest BCUT2D eigenvalue weighted by Crippen LogP contribution is 2.32. The number of aromatic nitrogens is 3. The number of nitrogens with two attached hydrogens (primary N) is 2. The molecule has 0 bridgehead atoms. The van der Waals surface area contributed by atoms with E-state index in [9.17, 15) is 0 Å². The zero-order valence-corrected chi connectivity index (χ0v) is 17.7. The van der Waals surface area contributed by atoms with Gasteiger partial charge in [0.05, 0.1) is 6.20 Å². The van der Waals surface area contributed by atoms with Gasteiger partial charge < -0.3 is 21.3 Å². The Hall–Kier alpha value is -3.58. The minimum atomic E-state index is 0.563. The van der Waals surface area contributed by atoms with Crippen molar-refractivity contribution in [2.75, 3.05) is 49.1 Å². The molecule has 2 aromatic heterocycles. The van der Waals surface area contributed by atoms with Gasteiger partial charge in [-0.25, -0.2) is 4.98 Å². The highest BCUT2D eigenvalue weighted by molar-refractivity contribution is 5.83. The normalized spacial score (nSPS) is 14.9. The molecule has 31 heavy (non-hydrogen) atoms. The Morgan fingerprint density at radius 2 is 1.65 bits per heavy atom. The topological polar surface area (TPSA) is 88.7 Å². The molecule has 7 heteroatoms. The molecule has 158 valence electrons. The lowest BCUT2D eigenvalue weighted by Crippen LogP contribution is -2.46. The van der Waals surface area contributed by atoms with Gasteiger partial charge in [0.15, 0.2) is 5.65 Å². The summed E-state index contributed by atoms with van der Waals surface area (Å²) in [5.41, 5.74) is 18.9. The molecule has 0 unspecified atom stereocenters. The fourth-order valence-electron chi connectivity index (χ4n) is 4.23. The summed E-state index contributed by atoms with van der Waals surface area (Å²) < 4.78 is 1.72. The number of benzene rings is 2. The number of fused-ring (bicyclic) bond motifs is 1. The third-order valence-corrected chi connectivity index (χ3v) is 6.13. The monoisotopic (exact) mass is 413 g/mol. The van der Waals surface area contributed by atoms with Crippen LogP contribution in [0.15, 0.2) is 60.9 Å². The van der Waals surface area contributed by atoms with E-state index in [-0.39, 0.29) is 0 Å². The first kappa shape index (κ1) is 19.4. The fourth-order valence-corrected chi connectivity index (χ4v) is 4.23. The molecular formula is C24H27N7. The molecule has 0 aliphatic carbocycles. The molecule has 1 aliphatic rings. The Balaban J connectivity index is 1.49. The minimum Gasteiger partial charge on any atom is -0.399 e. The summed E-state index contributed by atoms with van der Waals surface area (Å²) in [4.78, 5) is 9.64. The number of nitrogens with zero attached hydrogens (tertiary/aromatic N) is 5. The number of nitrogen functional groups attached to an aromatic ring is 2. The molecule has 5 rings (SSSR count). The highest BCUT2D eigenvalue weighted by atomic mass is 15.3. The molecular weight excluding hydrogens is 386 g/mol. The molecule has 4 N–H and O–H groups in total. The second-order valence-electron chi connectivity index (χ2n) is 7.94. The van der Waals surface area contributed by atoms with Gasteiger partial charge in [0.1, 0.15) is 5.82 Å². The molecule has 3 heterocycles. The summed E-state index contributed by atoms with van der Waals surface area (Å²) in [5.74, 6) is 0.563. The standard InChI is InChI=1S/C24H27N7/c1-2-29-10-12-30(13-11-29)20-5-3-4-18(14-20)22-16-28-31-23(26)21(15-27-24(22)31)17-6-8-19(25)9-7-17/h3-9,14-16H,2,10-13,25-26H2,1H3. The van der Waals surface area contributed by atoms with E-state index in [2.05, 4.69) is 46.1 Å². The average molecular weight is 414 g/mol. The van der Waals surface area contributed by atoms with Crippen molar-refractivity contribution in [1.82, 2.24) is 19.5 Å². The second-order valence-corrected chi connectivity index (χ2v) is 7.94. The van der Waals surface area contributed by atoms with E-state index in [0.717, 1.165) is 60.6 Å². The lowest BCUT2D eigenvalue weighted by molar-refractivity contribution is 0.271. The number of hydrogen-bond donors (Lipinski definition) is 2. The van der Waals surface area contributed by atoms with E-state index in [1.165, 1.54) is 5.69 Å². The molecule has 1 saturated heterocycles. The van der Waals surface area contributed by atoms with Gasteiger partial charge >= 0.3 is 0 Å². The Labute approximate surface area is 181 Å². The summed E-state index contributed by atoms with van der Waals surface area (Å²) in [7, 11) is 0. The third-order valence-electron chi connectivity index (χ3n) is 6.13. The van der Waals surface area contributed by atoms with Gasteiger partial charge in [-0.3, -0.25) is 0 Å². The molecule has 2 aromatic carbocycles. The zero-order chi connectivity index (χ0) is 21.4. The molecule has 1 aliphatic heterocycles. The lowest BCUT2D eigenvalue weighted by atomic mass is 10.1. The first-order valence-corrected chi connectivity index (χ1v) is 10.7. The summed E-state index contributed by atoms with van der Waals surface area (Å²) in [6.45, 7) is 7.62. The second kappa shape index (κ2) is 7.92. The van der Waals surface area contributed by atoms with Crippen LogP contribution < -0.4 is 16.4 Å². The first-order valence-electron chi connectivity index (χ1n) is 10.7. The van der Waals surface area contributed by atoms with Gasteiger partial charge in [-0.05, 0) is 41.9 Å². The summed E-state index contributed by atoms with van der Waals surface area (Å²) in [6, 6.07) is 16.2. The quantitative estimate of drug-likeness (QED) is 0.499. The van der Waals surface area contributed by atoms with Crippen LogP contribution >= 0.6 is 0 Å². The number of anilines is 3. The maximum atomic E-state index is 6.47. The maximum absolute atomic E-state index is 6.47. The number of piperazine rings is 1. The van der Waals surface area contributed by atoms with E-state index in [0.29, 0.717) is 11.5 Å². The van der Waals surface area contributed by atoms with Crippen molar-refractivity contribution in [2.24, 2.45) is 0 Å². The summed E-state index contributed by atoms with van der Waals surface area (Å²) in [5, 5.41) is 4.55. The Kier molecular flexibility index (Phi) is 4.95. The van der Waals surface area contributed by atoms with Crippen LogP contribution in [0.3, 0.4) is 0 Å². The van der Waals surface area contributed by atoms with Crippen molar-refractivity contribution in [2.45, 2.75) is 6.92 Å². The van der Waals surface area contributed by atoms with Gasteiger partial charge in [-0.1, -0.05) is 31.2 Å². The van der Waals surface area contributed by atoms with Gasteiger partial charge in [-0.15, -0.1) is 0 Å². The van der Waals surface area contributed by atoms with E-state index in [1.54, 1.807) is 4.52 Å². The van der Waals surface area contributed by atoms with Crippen molar-refractivity contribution in [3.8, 4) is 22.3 Å². The lowest BCUT2D eigenvalue weighted by Gasteiger charge is -2.35. The average Bonchev–Trinajstić information content (AvgIpc) is 3.25. The van der Waals surface area contributed by atoms with Crippen LogP contribution in [0.2, 0.25) is 0 Å². The molecule has 4 aromatic rings. The number of likely N-dealkylation sites (N-methyl/N-ethyl adjacent to an activating group) is 1. The summed E-state index contributed by atoms with van der Waals surface area (Å²) in [6.07, 6.45) is 3.66. The molecule has 0 radical (unpaired) electrons. The van der Waals surface area contributed by atoms with E-state index < -0.39 is 0 Å². The van der Waals surface area contributed by atoms with Crippen molar-refractivity contribution < 1.29 is 0 Å². The first-order chi connectivity index (χ1) is 15.1. The van der Waals surface area contributed by atoms with E-state index in [4.69, 9.17) is 16.5 Å². The van der Waals surface area contributed by atoms with Crippen molar-refractivity contribution in [3.63, 3.8) is 0 Å². The van der Waals surface area contributed by atoms with Crippen LogP contribution in [0, 0.1) is 0 Å². The molecule has 0 atom stereocenters. The predicted octanol–water partition coefficient (Wildman–Crippen LogP) is 3.37. The highest BCUT2D eigenvalue weighted by Gasteiger charge is 2.18. The Morgan fingerprint density at radius 1 is 0.871 bits per heavy atom. The molecule has 1 fully saturated rings. The van der Waals surface area contributed by atoms with Crippen LogP contribution in [-0.4, -0.2) is 52.2 Å². The molecule has 0 spiro atoms. The van der Waals surface area contributed by atoms with Crippen LogP contribution in [0.4, 0.5) is 17.2 Å². The van der Waals surface area contributed by atoms with Crippen LogP contribution in [0.1, 0.15) is 6.92 Å². The SMILES string of the molecule is CCN1CCN(c2cccc(-c3cnn4c(N)c(-c5ccc(N)cc5)cnc34)c2)CC1. The van der Waals surface area contributed by atoms with Crippen LogP contribution in [0.25, 0.3) is 27.9 Å². The molecule has 0 saturated carbocycles. The van der Waals surface area contributed by atoms with Gasteiger partial charge in [0, 0.05) is 54.9 Å². The van der Waals surface area contributed by atoms with Crippen molar-refractivity contribution in [3.05, 3.63) is 60.9 Å². The van der Waals surface area contributed by atoms with E-state index >= 15 is 0 Å². The Bertz CT molecular complexity index is 1200. The summed E-state index contributed by atoms with van der Waals surface area (Å²) >= 11 is 0. The predicted molar refractivity (Wildman–Crippen MR) is 127 cm³/mol.